The number of likely N-dealkylation sites (tertiary alicyclic amines) is 1. The maximum atomic E-state index is 12.5. The van der Waals surface area contributed by atoms with Crippen LogP contribution in [0.3, 0.4) is 0 Å². The number of benzene rings is 2. The average molecular weight is 490 g/mol. The normalized spacial score (nSPS) is 15.3. The van der Waals surface area contributed by atoms with Gasteiger partial charge in [0.25, 0.3) is 0 Å². The summed E-state index contributed by atoms with van der Waals surface area (Å²) in [4.78, 5) is 19.3. The van der Waals surface area contributed by atoms with Crippen molar-refractivity contribution < 1.29 is 9.32 Å². The van der Waals surface area contributed by atoms with Gasteiger partial charge in [-0.2, -0.15) is 4.98 Å². The van der Waals surface area contributed by atoms with Crippen LogP contribution in [0.25, 0.3) is 11.4 Å². The van der Waals surface area contributed by atoms with E-state index in [0.29, 0.717) is 29.8 Å². The Morgan fingerprint density at radius 1 is 1.20 bits per heavy atom. The fourth-order valence-corrected chi connectivity index (χ4v) is 4.07. The zero-order chi connectivity index (χ0) is 20.9. The molecule has 0 bridgehead atoms. The highest BCUT2D eigenvalue weighted by atomic mass is 79.9. The van der Waals surface area contributed by atoms with Crippen LogP contribution in [0.1, 0.15) is 24.3 Å². The summed E-state index contributed by atoms with van der Waals surface area (Å²) >= 11 is 9.36. The SMILES string of the molecule is O=C(NCc1ccc(Cl)cc1)C1CCN(Cc2nc(-c3cccc(Br)c3)no2)CC1. The van der Waals surface area contributed by atoms with E-state index < -0.39 is 0 Å². The zero-order valence-electron chi connectivity index (χ0n) is 16.4. The van der Waals surface area contributed by atoms with E-state index in [0.717, 1.165) is 41.5 Å². The van der Waals surface area contributed by atoms with Crippen LogP contribution >= 0.6 is 27.5 Å². The molecule has 3 aromatic rings. The first-order valence-corrected chi connectivity index (χ1v) is 11.1. The van der Waals surface area contributed by atoms with Crippen LogP contribution in [0.15, 0.2) is 57.5 Å². The van der Waals surface area contributed by atoms with Crippen molar-refractivity contribution in [2.45, 2.75) is 25.9 Å². The highest BCUT2D eigenvalue weighted by Gasteiger charge is 2.25. The van der Waals surface area contributed by atoms with Gasteiger partial charge >= 0.3 is 0 Å². The van der Waals surface area contributed by atoms with Crippen molar-refractivity contribution in [2.75, 3.05) is 13.1 Å². The van der Waals surface area contributed by atoms with Gasteiger partial charge in [-0.05, 0) is 55.8 Å². The Labute approximate surface area is 188 Å². The number of rotatable bonds is 6. The molecule has 1 saturated heterocycles. The van der Waals surface area contributed by atoms with Crippen LogP contribution in [0.2, 0.25) is 5.02 Å². The summed E-state index contributed by atoms with van der Waals surface area (Å²) in [6.45, 7) is 2.78. The number of hydrogen-bond acceptors (Lipinski definition) is 5. The van der Waals surface area contributed by atoms with Gasteiger partial charge in [0.1, 0.15) is 0 Å². The first-order valence-electron chi connectivity index (χ1n) is 9.90. The molecular weight excluding hydrogens is 468 g/mol. The lowest BCUT2D eigenvalue weighted by Crippen LogP contribution is -2.40. The third-order valence-electron chi connectivity index (χ3n) is 5.25. The fourth-order valence-electron chi connectivity index (χ4n) is 3.54. The van der Waals surface area contributed by atoms with E-state index in [-0.39, 0.29) is 11.8 Å². The molecular formula is C22H22BrClN4O2. The molecule has 2 aromatic carbocycles. The molecule has 4 rings (SSSR count). The Morgan fingerprint density at radius 3 is 2.70 bits per heavy atom. The van der Waals surface area contributed by atoms with Crippen molar-refractivity contribution >= 4 is 33.4 Å². The quantitative estimate of drug-likeness (QED) is 0.544. The molecule has 1 fully saturated rings. The summed E-state index contributed by atoms with van der Waals surface area (Å²) < 4.78 is 6.40. The number of carbonyl (C=O) groups excluding carboxylic acids is 1. The van der Waals surface area contributed by atoms with Crippen molar-refractivity contribution in [3.63, 3.8) is 0 Å². The number of halogens is 2. The minimum absolute atomic E-state index is 0.0356. The predicted molar refractivity (Wildman–Crippen MR) is 119 cm³/mol. The molecule has 1 aliphatic heterocycles. The van der Waals surface area contributed by atoms with Gasteiger partial charge in [0.15, 0.2) is 0 Å². The maximum absolute atomic E-state index is 12.5. The van der Waals surface area contributed by atoms with Crippen molar-refractivity contribution in [2.24, 2.45) is 5.92 Å². The lowest BCUT2D eigenvalue weighted by molar-refractivity contribution is -0.126. The van der Waals surface area contributed by atoms with E-state index >= 15 is 0 Å². The van der Waals surface area contributed by atoms with Gasteiger partial charge in [-0.1, -0.05) is 57.0 Å². The Hall–Kier alpha value is -2.22. The molecule has 1 aliphatic rings. The molecule has 8 heteroatoms. The Morgan fingerprint density at radius 2 is 1.97 bits per heavy atom. The number of amides is 1. The second kappa shape index (κ2) is 9.73. The number of nitrogens with zero attached hydrogens (tertiary/aromatic N) is 3. The van der Waals surface area contributed by atoms with Crippen molar-refractivity contribution in [3.05, 3.63) is 69.5 Å². The standard InChI is InChI=1S/C22H22BrClN4O2/c23-18-3-1-2-17(12-18)21-26-20(30-27-21)14-28-10-8-16(9-11-28)22(29)25-13-15-4-6-19(24)7-5-15/h1-7,12,16H,8-11,13-14H2,(H,25,29). The minimum Gasteiger partial charge on any atom is -0.352 e. The number of aromatic nitrogens is 2. The second-order valence-corrected chi connectivity index (χ2v) is 8.77. The largest absolute Gasteiger partial charge is 0.352 e. The van der Waals surface area contributed by atoms with Crippen LogP contribution in [-0.2, 0) is 17.9 Å². The lowest BCUT2D eigenvalue weighted by atomic mass is 9.96. The molecule has 0 unspecified atom stereocenters. The zero-order valence-corrected chi connectivity index (χ0v) is 18.7. The summed E-state index contributed by atoms with van der Waals surface area (Å²) in [7, 11) is 0. The van der Waals surface area contributed by atoms with Crippen molar-refractivity contribution in [3.8, 4) is 11.4 Å². The number of nitrogens with one attached hydrogen (secondary N) is 1. The molecule has 0 atom stereocenters. The van der Waals surface area contributed by atoms with Crippen LogP contribution in [-0.4, -0.2) is 34.0 Å². The molecule has 6 nitrogen and oxygen atoms in total. The highest BCUT2D eigenvalue weighted by Crippen LogP contribution is 2.22. The second-order valence-electron chi connectivity index (χ2n) is 7.42. The van der Waals surface area contributed by atoms with Gasteiger partial charge in [0, 0.05) is 27.5 Å². The van der Waals surface area contributed by atoms with E-state index in [2.05, 4.69) is 36.3 Å². The lowest BCUT2D eigenvalue weighted by Gasteiger charge is -2.30. The summed E-state index contributed by atoms with van der Waals surface area (Å²) in [6, 6.07) is 15.3. The van der Waals surface area contributed by atoms with Gasteiger partial charge < -0.3 is 9.84 Å². The molecule has 0 aliphatic carbocycles. The molecule has 30 heavy (non-hydrogen) atoms. The van der Waals surface area contributed by atoms with Crippen molar-refractivity contribution in [1.29, 1.82) is 0 Å². The molecule has 1 aromatic heterocycles. The molecule has 0 saturated carbocycles. The van der Waals surface area contributed by atoms with Crippen molar-refractivity contribution in [1.82, 2.24) is 20.4 Å². The molecule has 2 heterocycles. The van der Waals surface area contributed by atoms with Gasteiger partial charge in [0.05, 0.1) is 6.54 Å². The Balaban J connectivity index is 1.24. The van der Waals surface area contributed by atoms with Gasteiger partial charge in [-0.25, -0.2) is 0 Å². The molecule has 0 radical (unpaired) electrons. The third kappa shape index (κ3) is 5.47. The first kappa shape index (κ1) is 21.0. The molecule has 0 spiro atoms. The highest BCUT2D eigenvalue weighted by molar-refractivity contribution is 9.10. The summed E-state index contributed by atoms with van der Waals surface area (Å²) in [5.41, 5.74) is 1.96. The third-order valence-corrected chi connectivity index (χ3v) is 5.99. The maximum Gasteiger partial charge on any atom is 0.241 e. The smallest absolute Gasteiger partial charge is 0.241 e. The van der Waals surface area contributed by atoms with E-state index in [4.69, 9.17) is 16.1 Å². The van der Waals surface area contributed by atoms with E-state index in [1.165, 1.54) is 0 Å². The first-order chi connectivity index (χ1) is 14.6. The Bertz CT molecular complexity index is 1000. The molecule has 1 amide bonds. The monoisotopic (exact) mass is 488 g/mol. The summed E-state index contributed by atoms with van der Waals surface area (Å²) in [6.07, 6.45) is 1.64. The topological polar surface area (TPSA) is 71.3 Å². The van der Waals surface area contributed by atoms with Crippen LogP contribution in [0, 0.1) is 5.92 Å². The predicted octanol–water partition coefficient (Wildman–Crippen LogP) is 4.68. The summed E-state index contributed by atoms with van der Waals surface area (Å²) in [5.74, 6) is 1.33. The Kier molecular flexibility index (Phi) is 6.82. The van der Waals surface area contributed by atoms with Gasteiger partial charge in [0.2, 0.25) is 17.6 Å². The van der Waals surface area contributed by atoms with Gasteiger partial charge in [-0.3, -0.25) is 9.69 Å². The van der Waals surface area contributed by atoms with Gasteiger partial charge in [-0.15, -0.1) is 0 Å². The fraction of sp³-hybridized carbons (Fsp3) is 0.318. The number of hydrogen-bond donors (Lipinski definition) is 1. The molecule has 156 valence electrons. The summed E-state index contributed by atoms with van der Waals surface area (Å²) in [5, 5.41) is 7.82. The van der Waals surface area contributed by atoms with Crippen LogP contribution < -0.4 is 5.32 Å². The van der Waals surface area contributed by atoms with Crippen LogP contribution in [0.5, 0.6) is 0 Å². The van der Waals surface area contributed by atoms with E-state index in [1.807, 2.05) is 48.5 Å². The van der Waals surface area contributed by atoms with Crippen LogP contribution in [0.4, 0.5) is 0 Å². The number of carbonyl (C=O) groups is 1. The minimum atomic E-state index is 0.0356. The van der Waals surface area contributed by atoms with E-state index in [9.17, 15) is 4.79 Å². The number of piperidine rings is 1. The molecule has 1 N–H and O–H groups in total. The average Bonchev–Trinajstić information content (AvgIpc) is 3.22. The van der Waals surface area contributed by atoms with E-state index in [1.54, 1.807) is 0 Å².